The highest BCUT2D eigenvalue weighted by Crippen LogP contribution is 2.35. The van der Waals surface area contributed by atoms with Gasteiger partial charge < -0.3 is 20.4 Å². The van der Waals surface area contributed by atoms with E-state index in [-0.39, 0.29) is 18.0 Å². The van der Waals surface area contributed by atoms with Crippen LogP contribution in [0, 0.1) is 13.1 Å². The summed E-state index contributed by atoms with van der Waals surface area (Å²) in [6, 6.07) is 10.5. The van der Waals surface area contributed by atoms with Crippen LogP contribution in [0.4, 0.5) is 28.8 Å². The molecule has 2 aromatic carbocycles. The average molecular weight is 515 g/mol. The maximum atomic E-state index is 12.9. The second kappa shape index (κ2) is 10.6. The molecule has 188 valence electrons. The molecular formula is C27H27ClN8O. The fourth-order valence-corrected chi connectivity index (χ4v) is 5.18. The van der Waals surface area contributed by atoms with Gasteiger partial charge in [-0.25, -0.2) is 14.7 Å². The van der Waals surface area contributed by atoms with Crippen LogP contribution in [0.2, 0.25) is 5.02 Å². The molecule has 2 aliphatic rings. The maximum Gasteiger partial charge on any atom is 0.239 e. The summed E-state index contributed by atoms with van der Waals surface area (Å²) in [4.78, 5) is 33.7. The van der Waals surface area contributed by atoms with E-state index in [0.29, 0.717) is 52.5 Å². The van der Waals surface area contributed by atoms with E-state index in [1.165, 1.54) is 0 Å². The average Bonchev–Trinajstić information content (AvgIpc) is 3.48. The number of carbonyl (C=O) groups is 1. The van der Waals surface area contributed by atoms with E-state index in [0.717, 1.165) is 37.6 Å². The number of amides is 1. The Morgan fingerprint density at radius 1 is 1.14 bits per heavy atom. The summed E-state index contributed by atoms with van der Waals surface area (Å²) in [6.45, 7) is 17.3. The monoisotopic (exact) mass is 514 g/mol. The van der Waals surface area contributed by atoms with Crippen molar-refractivity contribution in [3.05, 3.63) is 64.3 Å². The van der Waals surface area contributed by atoms with Crippen molar-refractivity contribution < 1.29 is 4.79 Å². The molecule has 9 nitrogen and oxygen atoms in total. The van der Waals surface area contributed by atoms with Crippen LogP contribution in [0.3, 0.4) is 0 Å². The SMILES string of the molecule is [C-]#[N+]c1ccc2c(Nc3ccc(Cl)cc3[N+]#[C-])nc(N3CCC(N(C)C(=O)C4CCCN4)CC3)nc2c1. The minimum absolute atomic E-state index is 0.0645. The summed E-state index contributed by atoms with van der Waals surface area (Å²) in [6.07, 6.45) is 3.58. The molecule has 2 fully saturated rings. The van der Waals surface area contributed by atoms with Crippen LogP contribution >= 0.6 is 11.6 Å². The Bertz CT molecular complexity index is 1410. The minimum Gasteiger partial charge on any atom is -0.349 e. The minimum atomic E-state index is -0.0645. The zero-order valence-corrected chi connectivity index (χ0v) is 21.3. The second-order valence-electron chi connectivity index (χ2n) is 9.40. The van der Waals surface area contributed by atoms with Gasteiger partial charge in [0, 0.05) is 42.3 Å². The van der Waals surface area contributed by atoms with Gasteiger partial charge in [0.15, 0.2) is 5.69 Å². The van der Waals surface area contributed by atoms with Crippen LogP contribution in [-0.4, -0.2) is 59.5 Å². The summed E-state index contributed by atoms with van der Waals surface area (Å²) < 4.78 is 0. The van der Waals surface area contributed by atoms with Crippen molar-refractivity contribution in [3.8, 4) is 0 Å². The van der Waals surface area contributed by atoms with E-state index in [9.17, 15) is 4.79 Å². The number of fused-ring (bicyclic) bond motifs is 1. The van der Waals surface area contributed by atoms with Gasteiger partial charge in [0.1, 0.15) is 5.82 Å². The lowest BCUT2D eigenvalue weighted by atomic mass is 10.0. The zero-order chi connectivity index (χ0) is 25.9. The van der Waals surface area contributed by atoms with Crippen molar-refractivity contribution in [1.82, 2.24) is 20.2 Å². The summed E-state index contributed by atoms with van der Waals surface area (Å²) >= 11 is 6.08. The maximum absolute atomic E-state index is 12.9. The van der Waals surface area contributed by atoms with Crippen LogP contribution in [0.25, 0.3) is 20.6 Å². The Labute approximate surface area is 221 Å². The number of likely N-dealkylation sites (N-methyl/N-ethyl adjacent to an activating group) is 1. The van der Waals surface area contributed by atoms with Crippen molar-refractivity contribution in [2.24, 2.45) is 0 Å². The van der Waals surface area contributed by atoms with Crippen LogP contribution in [0.15, 0.2) is 36.4 Å². The summed E-state index contributed by atoms with van der Waals surface area (Å²) in [5.74, 6) is 1.29. The lowest BCUT2D eigenvalue weighted by molar-refractivity contribution is -0.134. The molecular weight excluding hydrogens is 488 g/mol. The van der Waals surface area contributed by atoms with Crippen molar-refractivity contribution in [2.75, 3.05) is 36.9 Å². The largest absolute Gasteiger partial charge is 0.349 e. The van der Waals surface area contributed by atoms with E-state index < -0.39 is 0 Å². The van der Waals surface area contributed by atoms with E-state index in [2.05, 4.69) is 25.2 Å². The van der Waals surface area contributed by atoms with Crippen molar-refractivity contribution in [1.29, 1.82) is 0 Å². The van der Waals surface area contributed by atoms with E-state index >= 15 is 0 Å². The summed E-state index contributed by atoms with van der Waals surface area (Å²) in [5.41, 5.74) is 2.14. The van der Waals surface area contributed by atoms with Crippen LogP contribution in [0.1, 0.15) is 25.7 Å². The zero-order valence-electron chi connectivity index (χ0n) is 20.5. The topological polar surface area (TPSA) is 82.1 Å². The Morgan fingerprint density at radius 2 is 1.95 bits per heavy atom. The van der Waals surface area contributed by atoms with E-state index in [1.54, 1.807) is 30.3 Å². The van der Waals surface area contributed by atoms with Gasteiger partial charge in [0.05, 0.1) is 24.7 Å². The Morgan fingerprint density at radius 3 is 2.65 bits per heavy atom. The second-order valence-corrected chi connectivity index (χ2v) is 9.84. The van der Waals surface area contributed by atoms with Crippen LogP contribution in [0.5, 0.6) is 0 Å². The number of nitrogens with zero attached hydrogens (tertiary/aromatic N) is 6. The predicted octanol–water partition coefficient (Wildman–Crippen LogP) is 5.31. The number of hydrogen-bond acceptors (Lipinski definition) is 6. The van der Waals surface area contributed by atoms with Gasteiger partial charge in [-0.05, 0) is 56.5 Å². The lowest BCUT2D eigenvalue weighted by Crippen LogP contribution is -2.50. The first kappa shape index (κ1) is 24.8. The molecule has 0 spiro atoms. The van der Waals surface area contributed by atoms with Crippen molar-refractivity contribution in [2.45, 2.75) is 37.8 Å². The number of hydrogen-bond donors (Lipinski definition) is 2. The molecule has 1 unspecified atom stereocenters. The number of halogens is 1. The lowest BCUT2D eigenvalue weighted by Gasteiger charge is -2.37. The third-order valence-electron chi connectivity index (χ3n) is 7.13. The number of nitrogens with one attached hydrogen (secondary N) is 2. The number of aromatic nitrogens is 2. The number of anilines is 3. The van der Waals surface area contributed by atoms with Gasteiger partial charge in [-0.1, -0.05) is 23.7 Å². The van der Waals surface area contributed by atoms with Gasteiger partial charge in [0.2, 0.25) is 17.5 Å². The molecule has 5 rings (SSSR count). The molecule has 0 radical (unpaired) electrons. The molecule has 1 aromatic heterocycles. The first-order valence-corrected chi connectivity index (χ1v) is 12.7. The Balaban J connectivity index is 1.41. The fraction of sp³-hybridized carbons (Fsp3) is 0.370. The number of carbonyl (C=O) groups excluding carboxylic acids is 1. The third kappa shape index (κ3) is 5.15. The molecule has 0 aliphatic carbocycles. The van der Waals surface area contributed by atoms with Gasteiger partial charge in [-0.2, -0.15) is 4.98 Å². The van der Waals surface area contributed by atoms with Crippen molar-refractivity contribution in [3.63, 3.8) is 0 Å². The van der Waals surface area contributed by atoms with E-state index in [1.807, 2.05) is 18.0 Å². The quantitative estimate of drug-likeness (QED) is 0.449. The molecule has 10 heteroatoms. The molecule has 1 atom stereocenters. The summed E-state index contributed by atoms with van der Waals surface area (Å²) in [5, 5.41) is 7.84. The molecule has 2 N–H and O–H groups in total. The fourth-order valence-electron chi connectivity index (χ4n) is 5.02. The molecule has 2 saturated heterocycles. The molecule has 2 aliphatic heterocycles. The number of rotatable bonds is 5. The van der Waals surface area contributed by atoms with Gasteiger partial charge in [0.25, 0.3) is 0 Å². The standard InChI is InChI=1S/C27H27ClN8O/c1-29-18-7-8-20-23(16-18)33-27(34-25(20)32-21-9-6-17(28)15-24(21)30-2)36-13-10-19(11-14-36)35(3)26(37)22-5-4-12-31-22/h6-9,15-16,19,22,31H,4-5,10-14H2,3H3,(H,32,33,34). The molecule has 0 bridgehead atoms. The molecule has 3 aromatic rings. The predicted molar refractivity (Wildman–Crippen MR) is 146 cm³/mol. The molecule has 0 saturated carbocycles. The highest BCUT2D eigenvalue weighted by molar-refractivity contribution is 6.31. The molecule has 3 heterocycles. The van der Waals surface area contributed by atoms with Crippen molar-refractivity contribution >= 4 is 57.2 Å². The highest BCUT2D eigenvalue weighted by atomic mass is 35.5. The Kier molecular flexibility index (Phi) is 7.09. The van der Waals surface area contributed by atoms with Gasteiger partial charge in [-0.3, -0.25) is 4.79 Å². The normalized spacial score (nSPS) is 17.8. The number of piperidine rings is 1. The highest BCUT2D eigenvalue weighted by Gasteiger charge is 2.31. The first-order chi connectivity index (χ1) is 18.0. The van der Waals surface area contributed by atoms with Gasteiger partial charge >= 0.3 is 0 Å². The van der Waals surface area contributed by atoms with E-state index in [4.69, 9.17) is 34.7 Å². The van der Waals surface area contributed by atoms with Gasteiger partial charge in [-0.15, -0.1) is 0 Å². The molecule has 37 heavy (non-hydrogen) atoms. The summed E-state index contributed by atoms with van der Waals surface area (Å²) in [7, 11) is 1.91. The van der Waals surface area contributed by atoms with Crippen LogP contribution in [-0.2, 0) is 4.79 Å². The van der Waals surface area contributed by atoms with Crippen LogP contribution < -0.4 is 15.5 Å². The Hall–Kier alpha value is -3.92. The smallest absolute Gasteiger partial charge is 0.239 e. The number of benzene rings is 2. The first-order valence-electron chi connectivity index (χ1n) is 12.3. The third-order valence-corrected chi connectivity index (χ3v) is 7.37. The molecule has 1 amide bonds.